The van der Waals surface area contributed by atoms with Gasteiger partial charge in [0.1, 0.15) is 10.8 Å². The molecule has 0 bridgehead atoms. The zero-order valence-corrected chi connectivity index (χ0v) is 10.1. The lowest BCUT2D eigenvalue weighted by atomic mass is 10.4. The molecule has 17 heavy (non-hydrogen) atoms. The first-order valence-electron chi connectivity index (χ1n) is 5.18. The van der Waals surface area contributed by atoms with E-state index in [1.165, 1.54) is 0 Å². The number of H-pyrrole nitrogens is 1. The zero-order valence-electron chi connectivity index (χ0n) is 9.37. The molecular formula is C10H13ClN6. The van der Waals surface area contributed by atoms with Crippen LogP contribution < -0.4 is 11.1 Å². The first-order chi connectivity index (χ1) is 8.16. The van der Waals surface area contributed by atoms with E-state index < -0.39 is 0 Å². The zero-order chi connectivity index (χ0) is 12.3. The van der Waals surface area contributed by atoms with Crippen LogP contribution in [-0.2, 0) is 6.42 Å². The number of nitrogens with two attached hydrogens (primary N) is 1. The molecule has 2 rings (SSSR count). The number of nitrogen functional groups attached to an aromatic ring is 1. The molecule has 0 atom stereocenters. The van der Waals surface area contributed by atoms with Gasteiger partial charge in [0.2, 0.25) is 5.95 Å². The van der Waals surface area contributed by atoms with E-state index in [0.29, 0.717) is 23.1 Å². The second-order valence-corrected chi connectivity index (χ2v) is 3.92. The van der Waals surface area contributed by atoms with Gasteiger partial charge >= 0.3 is 0 Å². The molecule has 0 saturated carbocycles. The number of aromatic amines is 1. The molecule has 90 valence electrons. The number of hydrogen-bond donors (Lipinski definition) is 3. The molecule has 0 fully saturated rings. The summed E-state index contributed by atoms with van der Waals surface area (Å²) in [6.07, 6.45) is 4.26. The highest BCUT2D eigenvalue weighted by Gasteiger charge is 2.07. The van der Waals surface area contributed by atoms with E-state index in [-0.39, 0.29) is 5.95 Å². The number of nitrogens with zero attached hydrogens (tertiary/aromatic N) is 3. The summed E-state index contributed by atoms with van der Waals surface area (Å²) in [6.45, 7) is 2.46. The fourth-order valence-electron chi connectivity index (χ4n) is 1.43. The molecule has 0 aromatic carbocycles. The number of nitrogens with one attached hydrogen (secondary N) is 2. The van der Waals surface area contributed by atoms with Gasteiger partial charge in [-0.05, 0) is 6.92 Å². The molecule has 2 heterocycles. The third kappa shape index (κ3) is 2.85. The molecule has 0 radical (unpaired) electrons. The topological polar surface area (TPSA) is 92.5 Å². The van der Waals surface area contributed by atoms with Crippen LogP contribution >= 0.6 is 11.6 Å². The summed E-state index contributed by atoms with van der Waals surface area (Å²) in [5.41, 5.74) is 6.22. The monoisotopic (exact) mass is 252 g/mol. The largest absolute Gasteiger partial charge is 0.368 e. The van der Waals surface area contributed by atoms with Gasteiger partial charge in [-0.1, -0.05) is 11.6 Å². The van der Waals surface area contributed by atoms with Gasteiger partial charge in [0.15, 0.2) is 5.82 Å². The molecule has 0 aliphatic rings. The maximum absolute atomic E-state index is 6.06. The van der Waals surface area contributed by atoms with Crippen molar-refractivity contribution in [1.82, 2.24) is 19.9 Å². The van der Waals surface area contributed by atoms with Gasteiger partial charge in [-0.3, -0.25) is 0 Å². The first-order valence-corrected chi connectivity index (χ1v) is 5.56. The van der Waals surface area contributed by atoms with Crippen molar-refractivity contribution in [2.24, 2.45) is 0 Å². The molecule has 4 N–H and O–H groups in total. The van der Waals surface area contributed by atoms with Gasteiger partial charge in [0.25, 0.3) is 0 Å². The number of anilines is 2. The van der Waals surface area contributed by atoms with Crippen LogP contribution in [0.5, 0.6) is 0 Å². The van der Waals surface area contributed by atoms with Crippen molar-refractivity contribution in [3.05, 3.63) is 28.9 Å². The molecule has 0 spiro atoms. The van der Waals surface area contributed by atoms with Crippen LogP contribution in [-0.4, -0.2) is 26.5 Å². The van der Waals surface area contributed by atoms with Crippen LogP contribution in [0.3, 0.4) is 0 Å². The second-order valence-electron chi connectivity index (χ2n) is 3.54. The van der Waals surface area contributed by atoms with Crippen molar-refractivity contribution < 1.29 is 0 Å². The predicted octanol–water partition coefficient (Wildman–Crippen LogP) is 1.40. The fourth-order valence-corrected chi connectivity index (χ4v) is 1.58. The van der Waals surface area contributed by atoms with E-state index in [9.17, 15) is 0 Å². The van der Waals surface area contributed by atoms with Crippen LogP contribution in [0.4, 0.5) is 11.8 Å². The van der Waals surface area contributed by atoms with Crippen molar-refractivity contribution in [2.45, 2.75) is 13.3 Å². The molecule has 2 aromatic rings. The lowest BCUT2D eigenvalue weighted by Gasteiger charge is -2.08. The lowest BCUT2D eigenvalue weighted by molar-refractivity contribution is 0.919. The molecule has 0 amide bonds. The summed E-state index contributed by atoms with van der Waals surface area (Å²) in [5, 5.41) is 3.61. The van der Waals surface area contributed by atoms with Crippen LogP contribution in [0.1, 0.15) is 11.5 Å². The predicted molar refractivity (Wildman–Crippen MR) is 67.0 cm³/mol. The summed E-state index contributed by atoms with van der Waals surface area (Å²) < 4.78 is 0. The highest BCUT2D eigenvalue weighted by atomic mass is 35.5. The average molecular weight is 253 g/mol. The first kappa shape index (κ1) is 11.7. The quantitative estimate of drug-likeness (QED) is 0.765. The summed E-state index contributed by atoms with van der Waals surface area (Å²) in [7, 11) is 0. The van der Waals surface area contributed by atoms with Crippen molar-refractivity contribution in [1.29, 1.82) is 0 Å². The molecule has 0 unspecified atom stereocenters. The number of aromatic nitrogens is 4. The Morgan fingerprint density at radius 3 is 3.00 bits per heavy atom. The Hall–Kier alpha value is -1.82. The van der Waals surface area contributed by atoms with E-state index in [2.05, 4.69) is 25.3 Å². The third-order valence-corrected chi connectivity index (χ3v) is 2.70. The Morgan fingerprint density at radius 1 is 1.47 bits per heavy atom. The van der Waals surface area contributed by atoms with Crippen LogP contribution in [0, 0.1) is 6.92 Å². The Bertz CT molecular complexity index is 496. The number of halogens is 1. The second kappa shape index (κ2) is 5.01. The van der Waals surface area contributed by atoms with E-state index in [1.807, 2.05) is 0 Å². The smallest absolute Gasteiger partial charge is 0.222 e. The van der Waals surface area contributed by atoms with Gasteiger partial charge in [-0.25, -0.2) is 9.97 Å². The standard InChI is InChI=1S/C10H13ClN6/c1-6-8(11)9(17-10(12)16-6)15-3-2-7-13-4-5-14-7/h4-5H,2-3H2,1H3,(H,13,14)(H3,12,15,16,17). The van der Waals surface area contributed by atoms with E-state index >= 15 is 0 Å². The number of hydrogen-bond acceptors (Lipinski definition) is 5. The van der Waals surface area contributed by atoms with Crippen LogP contribution in [0.15, 0.2) is 12.4 Å². The fraction of sp³-hybridized carbons (Fsp3) is 0.300. The molecular weight excluding hydrogens is 240 g/mol. The Labute approximate surface area is 104 Å². The summed E-state index contributed by atoms with van der Waals surface area (Å²) >= 11 is 6.06. The maximum Gasteiger partial charge on any atom is 0.222 e. The van der Waals surface area contributed by atoms with E-state index in [4.69, 9.17) is 17.3 Å². The summed E-state index contributed by atoms with van der Waals surface area (Å²) in [6, 6.07) is 0. The van der Waals surface area contributed by atoms with Crippen molar-refractivity contribution in [3.8, 4) is 0 Å². The van der Waals surface area contributed by atoms with Gasteiger partial charge < -0.3 is 16.0 Å². The van der Waals surface area contributed by atoms with Gasteiger partial charge in [-0.2, -0.15) is 4.98 Å². The average Bonchev–Trinajstić information content (AvgIpc) is 2.78. The van der Waals surface area contributed by atoms with Gasteiger partial charge in [-0.15, -0.1) is 0 Å². The van der Waals surface area contributed by atoms with Gasteiger partial charge in [0, 0.05) is 25.4 Å². The minimum absolute atomic E-state index is 0.215. The molecule has 7 heteroatoms. The highest BCUT2D eigenvalue weighted by Crippen LogP contribution is 2.22. The minimum atomic E-state index is 0.215. The summed E-state index contributed by atoms with van der Waals surface area (Å²) in [5.74, 6) is 1.68. The Balaban J connectivity index is 1.99. The molecule has 0 aliphatic heterocycles. The van der Waals surface area contributed by atoms with Crippen LogP contribution in [0.25, 0.3) is 0 Å². The molecule has 6 nitrogen and oxygen atoms in total. The van der Waals surface area contributed by atoms with Gasteiger partial charge in [0.05, 0.1) is 5.69 Å². The third-order valence-electron chi connectivity index (χ3n) is 2.24. The maximum atomic E-state index is 6.06. The SMILES string of the molecule is Cc1nc(N)nc(NCCc2ncc[nH]2)c1Cl. The van der Waals surface area contributed by atoms with E-state index in [1.54, 1.807) is 19.3 Å². The lowest BCUT2D eigenvalue weighted by Crippen LogP contribution is -2.10. The van der Waals surface area contributed by atoms with Crippen molar-refractivity contribution in [2.75, 3.05) is 17.6 Å². The normalized spacial score (nSPS) is 10.5. The molecule has 2 aromatic heterocycles. The van der Waals surface area contributed by atoms with Crippen LogP contribution in [0.2, 0.25) is 5.02 Å². The Morgan fingerprint density at radius 2 is 2.29 bits per heavy atom. The minimum Gasteiger partial charge on any atom is -0.368 e. The molecule has 0 aliphatic carbocycles. The summed E-state index contributed by atoms with van der Waals surface area (Å²) in [4.78, 5) is 15.2. The van der Waals surface area contributed by atoms with E-state index in [0.717, 1.165) is 12.2 Å². The number of aryl methyl sites for hydroxylation is 1. The molecule has 0 saturated heterocycles. The van der Waals surface area contributed by atoms with Crippen molar-refractivity contribution >= 4 is 23.4 Å². The highest BCUT2D eigenvalue weighted by molar-refractivity contribution is 6.33. The number of imidazole rings is 1. The number of rotatable bonds is 4. The van der Waals surface area contributed by atoms with Crippen molar-refractivity contribution in [3.63, 3.8) is 0 Å². The Kier molecular flexibility index (Phi) is 3.43.